The smallest absolute Gasteiger partial charge is 0.330 e. The highest BCUT2D eigenvalue weighted by atomic mass is 32.1. The van der Waals surface area contributed by atoms with Crippen LogP contribution in [0.5, 0.6) is 0 Å². The van der Waals surface area contributed by atoms with Crippen LogP contribution in [0, 0.1) is 0 Å². The fourth-order valence-corrected chi connectivity index (χ4v) is 1.56. The van der Waals surface area contributed by atoms with Crippen LogP contribution in [0.25, 0.3) is 6.08 Å². The van der Waals surface area contributed by atoms with Crippen LogP contribution in [0.4, 0.5) is 5.13 Å². The molecule has 1 rings (SSSR count). The van der Waals surface area contributed by atoms with Crippen LogP contribution in [-0.4, -0.2) is 24.0 Å². The summed E-state index contributed by atoms with van der Waals surface area (Å²) in [5.74, 6) is -0.600. The van der Waals surface area contributed by atoms with Gasteiger partial charge in [-0.1, -0.05) is 11.3 Å². The Kier molecular flexibility index (Phi) is 3.99. The van der Waals surface area contributed by atoms with E-state index in [1.165, 1.54) is 31.4 Å². The van der Waals surface area contributed by atoms with Gasteiger partial charge in [0, 0.05) is 24.1 Å². The van der Waals surface area contributed by atoms with Gasteiger partial charge >= 0.3 is 5.97 Å². The topological polar surface area (TPSA) is 68.3 Å². The molecule has 1 amide bonds. The number of nitrogens with zero attached hydrogens (tertiary/aromatic N) is 1. The van der Waals surface area contributed by atoms with Gasteiger partial charge in [0.15, 0.2) is 5.13 Å². The van der Waals surface area contributed by atoms with Gasteiger partial charge in [0.2, 0.25) is 5.91 Å². The first-order valence-electron chi connectivity index (χ1n) is 4.11. The lowest BCUT2D eigenvalue weighted by atomic mass is 10.4. The molecule has 1 heterocycles. The molecular weight excluding hydrogens is 216 g/mol. The molecule has 0 radical (unpaired) electrons. The first-order chi connectivity index (χ1) is 7.11. The zero-order chi connectivity index (χ0) is 11.3. The average Bonchev–Trinajstić information content (AvgIpc) is 2.61. The maximum absolute atomic E-state index is 10.8. The van der Waals surface area contributed by atoms with E-state index in [2.05, 4.69) is 15.0 Å². The first-order valence-corrected chi connectivity index (χ1v) is 4.93. The molecule has 6 heteroatoms. The van der Waals surface area contributed by atoms with E-state index in [-0.39, 0.29) is 5.91 Å². The largest absolute Gasteiger partial charge is 0.466 e. The Hall–Kier alpha value is -1.69. The number of thiazole rings is 1. The lowest BCUT2D eigenvalue weighted by Crippen LogP contribution is -2.04. The van der Waals surface area contributed by atoms with Crippen LogP contribution in [0.3, 0.4) is 0 Å². The molecule has 1 N–H and O–H groups in total. The van der Waals surface area contributed by atoms with Crippen molar-refractivity contribution >= 4 is 34.4 Å². The number of rotatable bonds is 3. The van der Waals surface area contributed by atoms with Gasteiger partial charge in [0.05, 0.1) is 7.11 Å². The number of carbonyl (C=O) groups excluding carboxylic acids is 2. The molecule has 80 valence electrons. The van der Waals surface area contributed by atoms with Crippen molar-refractivity contribution in [2.24, 2.45) is 0 Å². The molecule has 0 spiro atoms. The molecular formula is C9H10N2O3S. The number of hydrogen-bond acceptors (Lipinski definition) is 5. The third-order valence-corrected chi connectivity index (χ3v) is 2.27. The van der Waals surface area contributed by atoms with Gasteiger partial charge in [-0.15, -0.1) is 0 Å². The minimum absolute atomic E-state index is 0.173. The van der Waals surface area contributed by atoms with Gasteiger partial charge in [-0.05, 0) is 6.08 Å². The molecule has 15 heavy (non-hydrogen) atoms. The van der Waals surface area contributed by atoms with Crippen LogP contribution in [0.1, 0.15) is 11.8 Å². The van der Waals surface area contributed by atoms with Crippen LogP contribution < -0.4 is 5.32 Å². The fourth-order valence-electron chi connectivity index (χ4n) is 0.790. The number of nitrogens with one attached hydrogen (secondary N) is 1. The molecule has 1 aromatic rings. The van der Waals surface area contributed by atoms with Crippen molar-refractivity contribution in [1.82, 2.24) is 4.98 Å². The minimum Gasteiger partial charge on any atom is -0.466 e. The van der Waals surface area contributed by atoms with Crippen molar-refractivity contribution in [2.75, 3.05) is 12.4 Å². The SMILES string of the molecule is COC(=O)C=Cc1cnc(NC(C)=O)s1. The Labute approximate surface area is 90.8 Å². The average molecular weight is 226 g/mol. The predicted molar refractivity (Wildman–Crippen MR) is 57.5 cm³/mol. The normalized spacial score (nSPS) is 10.3. The number of anilines is 1. The van der Waals surface area contributed by atoms with Crippen molar-refractivity contribution in [2.45, 2.75) is 6.92 Å². The zero-order valence-electron chi connectivity index (χ0n) is 8.31. The summed E-state index contributed by atoms with van der Waals surface area (Å²) < 4.78 is 4.43. The predicted octanol–water partition coefficient (Wildman–Crippen LogP) is 1.29. The molecule has 0 fully saturated rings. The van der Waals surface area contributed by atoms with Gasteiger partial charge in [0.1, 0.15) is 0 Å². The first kappa shape index (κ1) is 11.4. The number of hydrogen-bond donors (Lipinski definition) is 1. The highest BCUT2D eigenvalue weighted by Crippen LogP contribution is 2.19. The molecule has 0 unspecified atom stereocenters. The summed E-state index contributed by atoms with van der Waals surface area (Å²) in [5.41, 5.74) is 0. The summed E-state index contributed by atoms with van der Waals surface area (Å²) in [6.07, 6.45) is 4.44. The quantitative estimate of drug-likeness (QED) is 0.623. The summed E-state index contributed by atoms with van der Waals surface area (Å²) >= 11 is 1.28. The second-order valence-corrected chi connectivity index (χ2v) is 3.67. The van der Waals surface area contributed by atoms with E-state index in [9.17, 15) is 9.59 Å². The lowest BCUT2D eigenvalue weighted by molar-refractivity contribution is -0.134. The van der Waals surface area contributed by atoms with Gasteiger partial charge < -0.3 is 10.1 Å². The Morgan fingerprint density at radius 2 is 2.33 bits per heavy atom. The summed E-state index contributed by atoms with van der Waals surface area (Å²) in [6, 6.07) is 0. The number of amides is 1. The molecule has 0 atom stereocenters. The summed E-state index contributed by atoms with van der Waals surface area (Å²) in [6.45, 7) is 1.41. The Bertz CT molecular complexity index is 398. The van der Waals surface area contributed by atoms with Gasteiger partial charge in [0.25, 0.3) is 0 Å². The fraction of sp³-hybridized carbons (Fsp3) is 0.222. The van der Waals surface area contributed by atoms with Crippen LogP contribution >= 0.6 is 11.3 Å². The van der Waals surface area contributed by atoms with E-state index in [4.69, 9.17) is 0 Å². The number of ether oxygens (including phenoxy) is 1. The molecule has 1 aromatic heterocycles. The van der Waals surface area contributed by atoms with E-state index in [0.29, 0.717) is 5.13 Å². The summed E-state index contributed by atoms with van der Waals surface area (Å²) in [5, 5.41) is 3.05. The van der Waals surface area contributed by atoms with Crippen molar-refractivity contribution in [1.29, 1.82) is 0 Å². The second kappa shape index (κ2) is 5.26. The van der Waals surface area contributed by atoms with E-state index < -0.39 is 5.97 Å². The molecule has 0 aliphatic heterocycles. The monoisotopic (exact) mass is 226 g/mol. The van der Waals surface area contributed by atoms with E-state index in [1.807, 2.05) is 0 Å². The van der Waals surface area contributed by atoms with E-state index in [0.717, 1.165) is 4.88 Å². The lowest BCUT2D eigenvalue weighted by Gasteiger charge is -1.91. The van der Waals surface area contributed by atoms with Crippen molar-refractivity contribution in [3.63, 3.8) is 0 Å². The molecule has 0 aliphatic rings. The number of aromatic nitrogens is 1. The highest BCUT2D eigenvalue weighted by Gasteiger charge is 2.01. The molecule has 0 aliphatic carbocycles. The van der Waals surface area contributed by atoms with Crippen LogP contribution in [0.2, 0.25) is 0 Å². The molecule has 0 saturated carbocycles. The maximum atomic E-state index is 10.8. The Balaban J connectivity index is 2.64. The third-order valence-electron chi connectivity index (χ3n) is 1.39. The molecule has 0 bridgehead atoms. The highest BCUT2D eigenvalue weighted by molar-refractivity contribution is 7.16. The van der Waals surface area contributed by atoms with E-state index in [1.54, 1.807) is 12.3 Å². The minimum atomic E-state index is -0.426. The molecule has 0 aromatic carbocycles. The van der Waals surface area contributed by atoms with Gasteiger partial charge in [-0.2, -0.15) is 0 Å². The van der Waals surface area contributed by atoms with Crippen molar-refractivity contribution in [3.05, 3.63) is 17.2 Å². The molecule has 0 saturated heterocycles. The number of esters is 1. The second-order valence-electron chi connectivity index (χ2n) is 2.61. The Morgan fingerprint density at radius 3 is 2.93 bits per heavy atom. The molecule has 5 nitrogen and oxygen atoms in total. The Morgan fingerprint density at radius 1 is 1.60 bits per heavy atom. The van der Waals surface area contributed by atoms with Crippen molar-refractivity contribution < 1.29 is 14.3 Å². The number of methoxy groups -OCH3 is 1. The van der Waals surface area contributed by atoms with E-state index >= 15 is 0 Å². The summed E-state index contributed by atoms with van der Waals surface area (Å²) in [7, 11) is 1.31. The van der Waals surface area contributed by atoms with Crippen LogP contribution in [0.15, 0.2) is 12.3 Å². The zero-order valence-corrected chi connectivity index (χ0v) is 9.13. The standard InChI is InChI=1S/C9H10N2O3S/c1-6(12)11-9-10-5-7(15-9)3-4-8(13)14-2/h3-5H,1-2H3,(H,10,11,12). The van der Waals surface area contributed by atoms with Crippen molar-refractivity contribution in [3.8, 4) is 0 Å². The third kappa shape index (κ3) is 3.90. The van der Waals surface area contributed by atoms with Gasteiger partial charge in [-0.3, -0.25) is 4.79 Å². The van der Waals surface area contributed by atoms with Crippen LogP contribution in [-0.2, 0) is 14.3 Å². The number of carbonyl (C=O) groups is 2. The maximum Gasteiger partial charge on any atom is 0.330 e. The van der Waals surface area contributed by atoms with Gasteiger partial charge in [-0.25, -0.2) is 9.78 Å². The summed E-state index contributed by atoms with van der Waals surface area (Å²) in [4.78, 5) is 26.2.